The van der Waals surface area contributed by atoms with Gasteiger partial charge in [0.05, 0.1) is 12.0 Å². The van der Waals surface area contributed by atoms with Crippen LogP contribution in [-0.4, -0.2) is 33.5 Å². The van der Waals surface area contributed by atoms with Crippen molar-refractivity contribution in [3.05, 3.63) is 52.4 Å². The van der Waals surface area contributed by atoms with Crippen molar-refractivity contribution in [3.8, 4) is 0 Å². The average Bonchev–Trinajstić information content (AvgIpc) is 2.60. The van der Waals surface area contributed by atoms with Crippen molar-refractivity contribution >= 4 is 39.7 Å². The fourth-order valence-corrected chi connectivity index (χ4v) is 2.16. The van der Waals surface area contributed by atoms with E-state index in [1.54, 1.807) is 39.1 Å². The normalized spacial score (nSPS) is 10.7. The lowest BCUT2D eigenvalue weighted by Crippen LogP contribution is -2.42. The van der Waals surface area contributed by atoms with E-state index in [0.29, 0.717) is 5.69 Å². The first-order valence-corrected chi connectivity index (χ1v) is 9.07. The number of halogens is 1. The number of anilines is 1. The fraction of sp³-hybridized carbons (Fsp3) is 0.278. The second kappa shape index (κ2) is 9.27. The minimum atomic E-state index is -0.647. The van der Waals surface area contributed by atoms with Crippen molar-refractivity contribution in [1.82, 2.24) is 20.8 Å². The molecule has 0 saturated heterocycles. The highest BCUT2D eigenvalue weighted by molar-refractivity contribution is 9.10. The van der Waals surface area contributed by atoms with Crippen LogP contribution in [0.3, 0.4) is 0 Å². The molecule has 0 aromatic carbocycles. The largest absolute Gasteiger partial charge is 0.444 e. The molecule has 9 nitrogen and oxygen atoms in total. The standard InChI is InChI=1S/C18H20BrN5O4/c1-18(2,3)28-17(27)22-14-7-4-11(9-21-14)16(26)24-23-15(25)8-13-6-5-12(19)10-20-13/h4-7,9-10H,8H2,1-3H3,(H,23,25)(H,24,26)(H,21,22,27). The number of pyridine rings is 2. The quantitative estimate of drug-likeness (QED) is 0.616. The van der Waals surface area contributed by atoms with E-state index in [1.165, 1.54) is 18.3 Å². The van der Waals surface area contributed by atoms with Crippen LogP contribution in [0.4, 0.5) is 10.6 Å². The molecule has 0 spiro atoms. The predicted octanol–water partition coefficient (Wildman–Crippen LogP) is 2.59. The number of ether oxygens (including phenoxy) is 1. The maximum absolute atomic E-state index is 12.1. The Morgan fingerprint density at radius 3 is 2.36 bits per heavy atom. The molecule has 0 atom stereocenters. The maximum Gasteiger partial charge on any atom is 0.413 e. The first kappa shape index (κ1) is 21.3. The molecule has 2 aromatic rings. The van der Waals surface area contributed by atoms with Crippen LogP contribution in [0.2, 0.25) is 0 Å². The van der Waals surface area contributed by atoms with E-state index in [0.717, 1.165) is 4.47 Å². The zero-order valence-corrected chi connectivity index (χ0v) is 17.2. The van der Waals surface area contributed by atoms with Crippen LogP contribution >= 0.6 is 15.9 Å². The van der Waals surface area contributed by atoms with Crippen LogP contribution in [-0.2, 0) is 16.0 Å². The summed E-state index contributed by atoms with van der Waals surface area (Å²) in [5, 5.41) is 2.46. The van der Waals surface area contributed by atoms with Gasteiger partial charge in [-0.3, -0.25) is 30.7 Å². The molecule has 0 unspecified atom stereocenters. The summed E-state index contributed by atoms with van der Waals surface area (Å²) in [6.07, 6.45) is 2.22. The van der Waals surface area contributed by atoms with E-state index in [1.807, 2.05) is 0 Å². The SMILES string of the molecule is CC(C)(C)OC(=O)Nc1ccc(C(=O)NNC(=O)Cc2ccc(Br)cn2)cn1. The summed E-state index contributed by atoms with van der Waals surface area (Å²) in [6, 6.07) is 6.38. The molecule has 0 radical (unpaired) electrons. The first-order valence-electron chi connectivity index (χ1n) is 8.28. The zero-order valence-electron chi connectivity index (χ0n) is 15.6. The number of hydrogen-bond acceptors (Lipinski definition) is 6. The van der Waals surface area contributed by atoms with Crippen molar-refractivity contribution in [2.24, 2.45) is 0 Å². The van der Waals surface area contributed by atoms with Crippen LogP contribution < -0.4 is 16.2 Å². The Hall–Kier alpha value is -3.01. The summed E-state index contributed by atoms with van der Waals surface area (Å²) < 4.78 is 5.92. The highest BCUT2D eigenvalue weighted by atomic mass is 79.9. The Morgan fingerprint density at radius 1 is 1.04 bits per heavy atom. The molecule has 3 amide bonds. The van der Waals surface area contributed by atoms with Crippen LogP contribution in [0.25, 0.3) is 0 Å². The van der Waals surface area contributed by atoms with Gasteiger partial charge in [-0.1, -0.05) is 0 Å². The highest BCUT2D eigenvalue weighted by Gasteiger charge is 2.17. The van der Waals surface area contributed by atoms with Gasteiger partial charge in [-0.15, -0.1) is 0 Å². The van der Waals surface area contributed by atoms with Gasteiger partial charge in [0.15, 0.2) is 0 Å². The van der Waals surface area contributed by atoms with Gasteiger partial charge in [0.1, 0.15) is 11.4 Å². The summed E-state index contributed by atoms with van der Waals surface area (Å²) in [5.74, 6) is -0.732. The highest BCUT2D eigenvalue weighted by Crippen LogP contribution is 2.11. The molecule has 0 fully saturated rings. The van der Waals surface area contributed by atoms with Crippen molar-refractivity contribution in [2.45, 2.75) is 32.8 Å². The van der Waals surface area contributed by atoms with E-state index in [9.17, 15) is 14.4 Å². The van der Waals surface area contributed by atoms with Gasteiger partial charge >= 0.3 is 6.09 Å². The lowest BCUT2D eigenvalue weighted by atomic mass is 10.2. The van der Waals surface area contributed by atoms with Crippen molar-refractivity contribution in [2.75, 3.05) is 5.32 Å². The van der Waals surface area contributed by atoms with Gasteiger partial charge in [-0.05, 0) is 61.0 Å². The number of nitrogens with one attached hydrogen (secondary N) is 3. The molecule has 0 aliphatic heterocycles. The summed E-state index contributed by atoms with van der Waals surface area (Å²) in [5.41, 5.74) is 4.74. The second-order valence-electron chi connectivity index (χ2n) is 6.71. The van der Waals surface area contributed by atoms with Crippen molar-refractivity contribution in [1.29, 1.82) is 0 Å². The minimum Gasteiger partial charge on any atom is -0.444 e. The van der Waals surface area contributed by atoms with E-state index < -0.39 is 23.5 Å². The van der Waals surface area contributed by atoms with Crippen molar-refractivity contribution < 1.29 is 19.1 Å². The van der Waals surface area contributed by atoms with E-state index >= 15 is 0 Å². The minimum absolute atomic E-state index is 0.0184. The van der Waals surface area contributed by atoms with Crippen LogP contribution in [0.1, 0.15) is 36.8 Å². The molecule has 0 bridgehead atoms. The summed E-state index contributed by atoms with van der Waals surface area (Å²) in [7, 11) is 0. The monoisotopic (exact) mass is 449 g/mol. The Kier molecular flexibility index (Phi) is 7.05. The number of carbonyl (C=O) groups excluding carboxylic acids is 3. The number of nitrogens with zero attached hydrogens (tertiary/aromatic N) is 2. The third-order valence-electron chi connectivity index (χ3n) is 3.10. The van der Waals surface area contributed by atoms with Gasteiger partial charge in [-0.25, -0.2) is 9.78 Å². The molecule has 10 heteroatoms. The summed E-state index contributed by atoms with van der Waals surface area (Å²) in [6.45, 7) is 5.23. The molecular weight excluding hydrogens is 430 g/mol. The first-order chi connectivity index (χ1) is 13.1. The Labute approximate surface area is 170 Å². The number of amides is 3. The summed E-state index contributed by atoms with van der Waals surface area (Å²) in [4.78, 5) is 43.7. The van der Waals surface area contributed by atoms with Gasteiger partial charge in [-0.2, -0.15) is 0 Å². The Balaban J connectivity index is 1.83. The van der Waals surface area contributed by atoms with Crippen LogP contribution in [0.5, 0.6) is 0 Å². The number of carbonyl (C=O) groups is 3. The van der Waals surface area contributed by atoms with Crippen molar-refractivity contribution in [3.63, 3.8) is 0 Å². The molecule has 148 valence electrons. The Bertz CT molecular complexity index is 848. The zero-order chi connectivity index (χ0) is 20.7. The molecular formula is C18H20BrN5O4. The lowest BCUT2D eigenvalue weighted by molar-refractivity contribution is -0.121. The Morgan fingerprint density at radius 2 is 1.79 bits per heavy atom. The smallest absolute Gasteiger partial charge is 0.413 e. The molecule has 28 heavy (non-hydrogen) atoms. The lowest BCUT2D eigenvalue weighted by Gasteiger charge is -2.19. The second-order valence-corrected chi connectivity index (χ2v) is 7.62. The van der Waals surface area contributed by atoms with Gasteiger partial charge < -0.3 is 4.74 Å². The third kappa shape index (κ3) is 7.31. The molecule has 0 aliphatic carbocycles. The van der Waals surface area contributed by atoms with E-state index in [2.05, 4.69) is 42.1 Å². The summed E-state index contributed by atoms with van der Waals surface area (Å²) >= 11 is 3.26. The molecule has 2 rings (SSSR count). The van der Waals surface area contributed by atoms with Gasteiger partial charge in [0.25, 0.3) is 5.91 Å². The van der Waals surface area contributed by atoms with E-state index in [-0.39, 0.29) is 17.8 Å². The molecule has 3 N–H and O–H groups in total. The third-order valence-corrected chi connectivity index (χ3v) is 3.57. The molecule has 2 aromatic heterocycles. The average molecular weight is 450 g/mol. The predicted molar refractivity (Wildman–Crippen MR) is 105 cm³/mol. The number of hydrazine groups is 1. The van der Waals surface area contributed by atoms with Crippen LogP contribution in [0, 0.1) is 0 Å². The molecule has 0 aliphatic rings. The fourth-order valence-electron chi connectivity index (χ4n) is 1.93. The van der Waals surface area contributed by atoms with Gasteiger partial charge in [0, 0.05) is 22.6 Å². The van der Waals surface area contributed by atoms with E-state index in [4.69, 9.17) is 4.74 Å². The number of rotatable bonds is 4. The molecule has 0 saturated carbocycles. The maximum atomic E-state index is 12.1. The van der Waals surface area contributed by atoms with Gasteiger partial charge in [0.2, 0.25) is 5.91 Å². The number of hydrogen-bond donors (Lipinski definition) is 3. The topological polar surface area (TPSA) is 122 Å². The van der Waals surface area contributed by atoms with Crippen LogP contribution in [0.15, 0.2) is 41.1 Å². The molecule has 2 heterocycles. The number of aromatic nitrogens is 2.